The van der Waals surface area contributed by atoms with E-state index in [1.807, 2.05) is 0 Å². The van der Waals surface area contributed by atoms with Crippen LogP contribution in [0.1, 0.15) is 0 Å². The van der Waals surface area contributed by atoms with Crippen LogP contribution >= 0.6 is 0 Å². The number of carbonyl (C=O) groups is 1. The van der Waals surface area contributed by atoms with Crippen molar-refractivity contribution in [2.45, 2.75) is 89.5 Å². The molecule has 0 aliphatic carbocycles. The predicted molar refractivity (Wildman–Crippen MR) is 82.5 cm³/mol. The summed E-state index contributed by atoms with van der Waals surface area (Å²) in [6, 6.07) is 0. The normalized spacial score (nSPS) is 17.8. The second-order valence-electron chi connectivity index (χ2n) is 8.80. The van der Waals surface area contributed by atoms with E-state index in [0.717, 1.165) is 4.74 Å². The Labute approximate surface area is 247 Å². The maximum Gasteiger partial charge on any atom is 0.467 e. The van der Waals surface area contributed by atoms with Crippen LogP contribution in [0.4, 0.5) is 140 Å². The molecule has 0 spiro atoms. The molecule has 0 saturated carbocycles. The largest absolute Gasteiger partial charge is 0.467 e. The standard InChI is InChI=1S/C16F32O2/c17-2(18,1(49)50-13(39,16(46,47)48)10(33,34)9(31,32)12(37,38)15(43,44)45)3(19,20)4(21,22)5(23,24)6(25,26)7(27,28)8(29,30)11(35,36)14(40,41)42. The van der Waals surface area contributed by atoms with Gasteiger partial charge in [0.2, 0.25) is 0 Å². The van der Waals surface area contributed by atoms with Gasteiger partial charge in [-0.1, -0.05) is 0 Å². The maximum atomic E-state index is 14.0. The van der Waals surface area contributed by atoms with Crippen LogP contribution in [-0.2, 0) is 9.53 Å². The maximum absolute atomic E-state index is 14.0. The van der Waals surface area contributed by atoms with Crippen LogP contribution in [0, 0.1) is 0 Å². The van der Waals surface area contributed by atoms with Gasteiger partial charge in [0.05, 0.1) is 0 Å². The minimum absolute atomic E-state index is 0.960. The van der Waals surface area contributed by atoms with Crippen LogP contribution < -0.4 is 0 Å². The van der Waals surface area contributed by atoms with Crippen molar-refractivity contribution in [1.29, 1.82) is 0 Å². The summed E-state index contributed by atoms with van der Waals surface area (Å²) in [6.45, 7) is 0. The molecule has 0 aromatic heterocycles. The number of alkyl halides is 32. The van der Waals surface area contributed by atoms with E-state index in [1.165, 1.54) is 0 Å². The Bertz CT molecular complexity index is 1260. The smallest absolute Gasteiger partial charge is 0.410 e. The van der Waals surface area contributed by atoms with Gasteiger partial charge in [-0.05, 0) is 0 Å². The molecule has 0 amide bonds. The van der Waals surface area contributed by atoms with Gasteiger partial charge in [-0.25, -0.2) is 4.79 Å². The molecule has 300 valence electrons. The summed E-state index contributed by atoms with van der Waals surface area (Å²) in [5.74, 6) is -119. The first-order valence-corrected chi connectivity index (χ1v) is 10.2. The van der Waals surface area contributed by atoms with Gasteiger partial charge in [0.1, 0.15) is 0 Å². The molecule has 0 aromatic carbocycles. The second kappa shape index (κ2) is 11.4. The van der Waals surface area contributed by atoms with Crippen molar-refractivity contribution >= 4 is 5.97 Å². The van der Waals surface area contributed by atoms with Gasteiger partial charge in [-0.15, -0.1) is 0 Å². The van der Waals surface area contributed by atoms with E-state index in [0.29, 0.717) is 0 Å². The zero-order valence-electron chi connectivity index (χ0n) is 20.9. The van der Waals surface area contributed by atoms with E-state index in [4.69, 9.17) is 0 Å². The van der Waals surface area contributed by atoms with E-state index in [9.17, 15) is 145 Å². The Balaban J connectivity index is 7.51. The first-order chi connectivity index (χ1) is 20.9. The summed E-state index contributed by atoms with van der Waals surface area (Å²) < 4.78 is 420. The highest BCUT2D eigenvalue weighted by Crippen LogP contribution is 2.66. The minimum atomic E-state index is -9.83. The fraction of sp³-hybridized carbons (Fsp3) is 0.938. The van der Waals surface area contributed by atoms with E-state index >= 15 is 0 Å². The molecule has 0 aliphatic heterocycles. The van der Waals surface area contributed by atoms with Crippen molar-refractivity contribution in [3.8, 4) is 0 Å². The van der Waals surface area contributed by atoms with Gasteiger partial charge in [-0.3, -0.25) is 0 Å². The van der Waals surface area contributed by atoms with Crippen LogP contribution in [-0.4, -0.2) is 95.5 Å². The molecule has 2 nitrogen and oxygen atoms in total. The molecule has 0 saturated heterocycles. The van der Waals surface area contributed by atoms with Gasteiger partial charge < -0.3 is 4.74 Å². The number of carbonyl (C=O) groups excluding carboxylic acids is 1. The summed E-state index contributed by atoms with van der Waals surface area (Å²) >= 11 is 0. The SMILES string of the molecule is O=C(OC(F)(C(F)(F)F)C(F)(F)C(F)(F)C(F)(F)C(F)(F)F)C(F)(F)C(F)(F)C(F)(F)C(F)(F)C(F)(F)C(F)(F)C(F)(F)C(F)(F)C(F)(F)F. The van der Waals surface area contributed by atoms with Crippen molar-refractivity contribution in [1.82, 2.24) is 0 Å². The molecule has 0 heterocycles. The van der Waals surface area contributed by atoms with E-state index in [2.05, 4.69) is 0 Å². The van der Waals surface area contributed by atoms with Crippen molar-refractivity contribution in [2.24, 2.45) is 0 Å². The van der Waals surface area contributed by atoms with Crippen LogP contribution in [0.25, 0.3) is 0 Å². The predicted octanol–water partition coefficient (Wildman–Crippen LogP) is 9.87. The summed E-state index contributed by atoms with van der Waals surface area (Å²) in [7, 11) is 0. The molecule has 1 unspecified atom stereocenters. The van der Waals surface area contributed by atoms with Gasteiger partial charge in [0.25, 0.3) is 0 Å². The topological polar surface area (TPSA) is 26.3 Å². The van der Waals surface area contributed by atoms with Crippen LogP contribution in [0.15, 0.2) is 0 Å². The van der Waals surface area contributed by atoms with Gasteiger partial charge in [-0.2, -0.15) is 140 Å². The lowest BCUT2D eigenvalue weighted by Crippen LogP contribution is -2.76. The summed E-state index contributed by atoms with van der Waals surface area (Å²) in [4.78, 5) is 11.0. The molecule has 0 rings (SSSR count). The number of rotatable bonds is 12. The molecule has 0 fully saturated rings. The number of hydrogen-bond donors (Lipinski definition) is 0. The molecule has 0 aromatic rings. The van der Waals surface area contributed by atoms with Crippen molar-refractivity contribution < 1.29 is 150 Å². The fourth-order valence-electron chi connectivity index (χ4n) is 2.56. The van der Waals surface area contributed by atoms with Crippen LogP contribution in [0.3, 0.4) is 0 Å². The summed E-state index contributed by atoms with van der Waals surface area (Å²) in [6.07, 6.45) is -25.4. The number of ether oxygens (including phenoxy) is 1. The second-order valence-corrected chi connectivity index (χ2v) is 8.80. The third kappa shape index (κ3) is 5.64. The highest BCUT2D eigenvalue weighted by atomic mass is 19.4. The van der Waals surface area contributed by atoms with Gasteiger partial charge >= 0.3 is 95.5 Å². The van der Waals surface area contributed by atoms with E-state index in [-0.39, 0.29) is 0 Å². The first kappa shape index (κ1) is 47.2. The number of hydrogen-bond acceptors (Lipinski definition) is 2. The zero-order chi connectivity index (χ0) is 41.8. The third-order valence-electron chi connectivity index (χ3n) is 5.52. The van der Waals surface area contributed by atoms with Crippen LogP contribution in [0.2, 0.25) is 0 Å². The average Bonchev–Trinajstić information content (AvgIpc) is 2.85. The molecule has 0 radical (unpaired) electrons. The number of esters is 1. The molecular formula is C16F32O2. The quantitative estimate of drug-likeness (QED) is 0.145. The lowest BCUT2D eigenvalue weighted by atomic mass is 9.87. The zero-order valence-corrected chi connectivity index (χ0v) is 20.9. The molecule has 34 heteroatoms. The molecular weight excluding hydrogens is 832 g/mol. The molecule has 0 N–H and O–H groups in total. The Hall–Kier alpha value is -2.77. The fourth-order valence-corrected chi connectivity index (χ4v) is 2.56. The lowest BCUT2D eigenvalue weighted by Gasteiger charge is -2.44. The minimum Gasteiger partial charge on any atom is -0.410 e. The average molecular weight is 832 g/mol. The highest BCUT2D eigenvalue weighted by Gasteiger charge is 2.98. The lowest BCUT2D eigenvalue weighted by molar-refractivity contribution is -0.473. The molecule has 50 heavy (non-hydrogen) atoms. The molecule has 0 bridgehead atoms. The first-order valence-electron chi connectivity index (χ1n) is 10.2. The van der Waals surface area contributed by atoms with Gasteiger partial charge in [0.15, 0.2) is 0 Å². The molecule has 0 aliphatic rings. The van der Waals surface area contributed by atoms with E-state index < -0.39 is 95.5 Å². The Kier molecular flexibility index (Phi) is 10.7. The van der Waals surface area contributed by atoms with Crippen LogP contribution in [0.5, 0.6) is 0 Å². The van der Waals surface area contributed by atoms with Crippen molar-refractivity contribution in [3.63, 3.8) is 0 Å². The van der Waals surface area contributed by atoms with E-state index in [1.54, 1.807) is 0 Å². The van der Waals surface area contributed by atoms with Crippen molar-refractivity contribution in [2.75, 3.05) is 0 Å². The highest BCUT2D eigenvalue weighted by molar-refractivity contribution is 5.80. The third-order valence-corrected chi connectivity index (χ3v) is 5.52. The van der Waals surface area contributed by atoms with Crippen molar-refractivity contribution in [3.05, 3.63) is 0 Å². The summed E-state index contributed by atoms with van der Waals surface area (Å²) in [5.41, 5.74) is 0. The Morgan fingerprint density at radius 3 is 0.680 bits per heavy atom. The van der Waals surface area contributed by atoms with Gasteiger partial charge in [0, 0.05) is 0 Å². The molecule has 1 atom stereocenters. The Morgan fingerprint density at radius 1 is 0.260 bits per heavy atom. The summed E-state index contributed by atoms with van der Waals surface area (Å²) in [5, 5.41) is 0. The number of halogens is 32. The monoisotopic (exact) mass is 832 g/mol. The Morgan fingerprint density at radius 2 is 0.460 bits per heavy atom.